The van der Waals surface area contributed by atoms with Gasteiger partial charge in [0.25, 0.3) is 5.91 Å². The molecule has 1 fully saturated rings. The number of hydrogen-bond acceptors (Lipinski definition) is 6. The molecule has 1 saturated heterocycles. The summed E-state index contributed by atoms with van der Waals surface area (Å²) in [7, 11) is 1.98. The van der Waals surface area contributed by atoms with Crippen molar-refractivity contribution < 1.29 is 31.9 Å². The zero-order valence-electron chi connectivity index (χ0n) is 25.1. The van der Waals surface area contributed by atoms with Crippen LogP contribution in [0.3, 0.4) is 0 Å². The number of H-pyrrole nitrogens is 1. The van der Waals surface area contributed by atoms with E-state index in [1.165, 1.54) is 17.0 Å². The highest BCUT2D eigenvalue weighted by molar-refractivity contribution is 6.07. The summed E-state index contributed by atoms with van der Waals surface area (Å²) < 4.78 is 62.3. The van der Waals surface area contributed by atoms with Gasteiger partial charge in [-0.3, -0.25) is 14.5 Å². The molecule has 13 heteroatoms. The van der Waals surface area contributed by atoms with Crippen LogP contribution in [0.15, 0.2) is 35.3 Å². The number of ether oxygens (including phenoxy) is 1. The summed E-state index contributed by atoms with van der Waals surface area (Å²) in [5, 5.41) is 2.56. The van der Waals surface area contributed by atoms with Gasteiger partial charge < -0.3 is 24.8 Å². The number of aromatic nitrogens is 1. The van der Waals surface area contributed by atoms with Crippen LogP contribution in [0.1, 0.15) is 62.5 Å². The lowest BCUT2D eigenvalue weighted by Gasteiger charge is -2.44. The highest BCUT2D eigenvalue weighted by atomic mass is 19.4. The maximum absolute atomic E-state index is 15.8. The molecule has 0 spiro atoms. The van der Waals surface area contributed by atoms with E-state index >= 15 is 4.39 Å². The summed E-state index contributed by atoms with van der Waals surface area (Å²) in [4.78, 5) is 45.1. The Kier molecular flexibility index (Phi) is 8.96. The van der Waals surface area contributed by atoms with Gasteiger partial charge in [0.1, 0.15) is 11.4 Å². The van der Waals surface area contributed by atoms with Crippen LogP contribution in [0.4, 0.5) is 33.7 Å². The third-order valence-electron chi connectivity index (χ3n) is 7.72. The molecular weight excluding hydrogens is 570 g/mol. The molecule has 1 aromatic carbocycles. The first-order valence-electron chi connectivity index (χ1n) is 14.0. The highest BCUT2D eigenvalue weighted by Gasteiger charge is 2.36. The van der Waals surface area contributed by atoms with Crippen LogP contribution in [0, 0.1) is 5.82 Å². The SMILES string of the molecule is CC1CN(c2cc(F)c(C3=CCN(C(=O)OC(C)(C)C)CC3)cc2NC(=O)c2c[nH]c(=O)cc2C(F)(F)F)CC(C)N1C. The molecule has 1 aromatic heterocycles. The van der Waals surface area contributed by atoms with Gasteiger partial charge in [-0.05, 0) is 65.8 Å². The van der Waals surface area contributed by atoms with Crippen molar-refractivity contribution in [3.8, 4) is 0 Å². The minimum Gasteiger partial charge on any atom is -0.444 e. The van der Waals surface area contributed by atoms with Gasteiger partial charge in [-0.2, -0.15) is 13.2 Å². The molecule has 43 heavy (non-hydrogen) atoms. The molecule has 0 radical (unpaired) electrons. The molecule has 2 aliphatic rings. The largest absolute Gasteiger partial charge is 0.444 e. The monoisotopic (exact) mass is 607 g/mol. The Morgan fingerprint density at radius 2 is 1.72 bits per heavy atom. The summed E-state index contributed by atoms with van der Waals surface area (Å²) in [5.74, 6) is -1.67. The molecule has 9 nitrogen and oxygen atoms in total. The summed E-state index contributed by atoms with van der Waals surface area (Å²) in [6.07, 6.45) is -2.73. The summed E-state index contributed by atoms with van der Waals surface area (Å²) in [6.45, 7) is 10.7. The number of rotatable bonds is 4. The Hall–Kier alpha value is -3.87. The fraction of sp³-hybridized carbons (Fsp3) is 0.500. The molecule has 0 bridgehead atoms. The van der Waals surface area contributed by atoms with Crippen molar-refractivity contribution in [1.29, 1.82) is 0 Å². The van der Waals surface area contributed by atoms with Crippen molar-refractivity contribution >= 4 is 28.9 Å². The topological polar surface area (TPSA) is 98.0 Å². The zero-order chi connectivity index (χ0) is 31.9. The Labute approximate surface area is 247 Å². The quantitative estimate of drug-likeness (QED) is 0.456. The number of aromatic amines is 1. The van der Waals surface area contributed by atoms with Crippen molar-refractivity contribution in [3.63, 3.8) is 0 Å². The fourth-order valence-corrected chi connectivity index (χ4v) is 5.26. The Morgan fingerprint density at radius 3 is 2.28 bits per heavy atom. The molecular formula is C30H37F4N5O4. The van der Waals surface area contributed by atoms with E-state index in [0.29, 0.717) is 36.8 Å². The standard InChI is InChI=1S/C30H37F4N5O4/c1-17-15-39(16-18(2)37(17)6)25-13-23(31)20(19-7-9-38(10-8-19)28(42)43-29(3,4)5)11-24(25)36-27(41)21-14-35-26(40)12-22(21)30(32,33)34/h7,11-14,17-18H,8-10,15-16H2,1-6H3,(H,35,40)(H,36,41). The van der Waals surface area contributed by atoms with Crippen LogP contribution < -0.4 is 15.8 Å². The predicted molar refractivity (Wildman–Crippen MR) is 156 cm³/mol. The normalized spacial score (nSPS) is 20.1. The van der Waals surface area contributed by atoms with Crippen molar-refractivity contribution in [2.24, 2.45) is 0 Å². The third kappa shape index (κ3) is 7.38. The van der Waals surface area contributed by atoms with E-state index in [0.717, 1.165) is 6.20 Å². The minimum absolute atomic E-state index is 0.0750. The summed E-state index contributed by atoms with van der Waals surface area (Å²) >= 11 is 0. The lowest BCUT2D eigenvalue weighted by Crippen LogP contribution is -2.55. The van der Waals surface area contributed by atoms with Crippen molar-refractivity contribution in [1.82, 2.24) is 14.8 Å². The van der Waals surface area contributed by atoms with Gasteiger partial charge in [-0.15, -0.1) is 0 Å². The van der Waals surface area contributed by atoms with Crippen molar-refractivity contribution in [3.05, 3.63) is 63.3 Å². The van der Waals surface area contributed by atoms with Gasteiger partial charge >= 0.3 is 12.3 Å². The first-order chi connectivity index (χ1) is 19.9. The number of anilines is 2. The van der Waals surface area contributed by atoms with Crippen LogP contribution in [0.2, 0.25) is 0 Å². The maximum atomic E-state index is 15.8. The number of hydrogen-bond donors (Lipinski definition) is 2. The van der Waals surface area contributed by atoms with Gasteiger partial charge in [0.2, 0.25) is 5.56 Å². The number of carbonyl (C=O) groups is 2. The molecule has 0 saturated carbocycles. The average Bonchev–Trinajstić information content (AvgIpc) is 2.90. The second-order valence-corrected chi connectivity index (χ2v) is 12.1. The van der Waals surface area contributed by atoms with Gasteiger partial charge in [-0.25, -0.2) is 9.18 Å². The third-order valence-corrected chi connectivity index (χ3v) is 7.72. The van der Waals surface area contributed by atoms with Crippen LogP contribution >= 0.6 is 0 Å². The molecule has 3 heterocycles. The van der Waals surface area contributed by atoms with Gasteiger partial charge in [0, 0.05) is 56.1 Å². The number of nitrogens with one attached hydrogen (secondary N) is 2. The molecule has 0 aliphatic carbocycles. The number of nitrogens with zero attached hydrogens (tertiary/aromatic N) is 3. The summed E-state index contributed by atoms with van der Waals surface area (Å²) in [5.41, 5.74) is -2.63. The Morgan fingerprint density at radius 1 is 1.07 bits per heavy atom. The molecule has 2 aliphatic heterocycles. The second-order valence-electron chi connectivity index (χ2n) is 12.1. The molecule has 2 aromatic rings. The van der Waals surface area contributed by atoms with E-state index in [2.05, 4.69) is 15.2 Å². The van der Waals surface area contributed by atoms with E-state index in [4.69, 9.17) is 4.74 Å². The first-order valence-corrected chi connectivity index (χ1v) is 14.0. The minimum atomic E-state index is -4.95. The maximum Gasteiger partial charge on any atom is 0.417 e. The Bertz CT molecular complexity index is 1470. The molecule has 2 N–H and O–H groups in total. The van der Waals surface area contributed by atoms with Gasteiger partial charge in [0.15, 0.2) is 0 Å². The second kappa shape index (κ2) is 12.0. The lowest BCUT2D eigenvalue weighted by molar-refractivity contribution is -0.138. The Balaban J connectivity index is 1.72. The molecule has 234 valence electrons. The molecule has 2 unspecified atom stereocenters. The number of piperazine rings is 1. The molecule has 4 rings (SSSR count). The number of benzene rings is 1. The van der Waals surface area contributed by atoms with E-state index in [-0.39, 0.29) is 36.4 Å². The predicted octanol–water partition coefficient (Wildman–Crippen LogP) is 5.34. The van der Waals surface area contributed by atoms with Crippen LogP contribution in [0.25, 0.3) is 5.57 Å². The number of alkyl halides is 3. The van der Waals surface area contributed by atoms with Crippen molar-refractivity contribution in [2.75, 3.05) is 43.4 Å². The average molecular weight is 608 g/mol. The van der Waals surface area contributed by atoms with Crippen LogP contribution in [-0.4, -0.2) is 77.7 Å². The number of amides is 2. The molecule has 2 amide bonds. The smallest absolute Gasteiger partial charge is 0.417 e. The zero-order valence-corrected chi connectivity index (χ0v) is 25.1. The fourth-order valence-electron chi connectivity index (χ4n) is 5.26. The highest BCUT2D eigenvalue weighted by Crippen LogP contribution is 2.37. The first kappa shape index (κ1) is 32.1. The number of pyridine rings is 1. The lowest BCUT2D eigenvalue weighted by atomic mass is 9.97. The molecule has 2 atom stereocenters. The van der Waals surface area contributed by atoms with E-state index in [9.17, 15) is 27.6 Å². The van der Waals surface area contributed by atoms with Crippen molar-refractivity contribution in [2.45, 2.75) is 64.9 Å². The van der Waals surface area contributed by atoms with Gasteiger partial charge in [-0.1, -0.05) is 6.08 Å². The van der Waals surface area contributed by atoms with E-state index in [1.54, 1.807) is 26.8 Å². The van der Waals surface area contributed by atoms with E-state index < -0.39 is 46.3 Å². The number of carbonyl (C=O) groups excluding carboxylic acids is 2. The van der Waals surface area contributed by atoms with Gasteiger partial charge in [0.05, 0.1) is 22.5 Å². The number of halogens is 4. The number of likely N-dealkylation sites (N-methyl/N-ethyl adjacent to an activating group) is 1. The van der Waals surface area contributed by atoms with Crippen LogP contribution in [0.5, 0.6) is 0 Å². The van der Waals surface area contributed by atoms with E-state index in [1.807, 2.05) is 25.8 Å². The van der Waals surface area contributed by atoms with Crippen LogP contribution in [-0.2, 0) is 10.9 Å². The summed E-state index contributed by atoms with van der Waals surface area (Å²) in [6, 6.07) is 3.19.